The monoisotopic (exact) mass is 239 g/mol. The Morgan fingerprint density at radius 3 is 2.78 bits per heavy atom. The number of hydrogen-bond acceptors (Lipinski definition) is 5. The number of nitrogen functional groups attached to an aromatic ring is 1. The topological polar surface area (TPSA) is 78.8 Å². The van der Waals surface area contributed by atoms with Crippen molar-refractivity contribution in [3.8, 4) is 6.07 Å². The summed E-state index contributed by atoms with van der Waals surface area (Å²) in [6.07, 6.45) is 3.32. The average Bonchev–Trinajstić information content (AvgIpc) is 2.40. The molecule has 0 fully saturated rings. The van der Waals surface area contributed by atoms with E-state index in [-0.39, 0.29) is 0 Å². The molecule has 2 rings (SSSR count). The van der Waals surface area contributed by atoms with Crippen LogP contribution in [0, 0.1) is 11.3 Å². The minimum absolute atomic E-state index is 0.401. The normalized spacial score (nSPS) is 9.78. The zero-order valence-corrected chi connectivity index (χ0v) is 10.0. The van der Waals surface area contributed by atoms with E-state index in [4.69, 9.17) is 11.0 Å². The third-order valence-electron chi connectivity index (χ3n) is 2.58. The van der Waals surface area contributed by atoms with Gasteiger partial charge in [-0.05, 0) is 18.2 Å². The molecule has 0 amide bonds. The van der Waals surface area contributed by atoms with E-state index in [1.165, 1.54) is 0 Å². The maximum atomic E-state index is 8.93. The summed E-state index contributed by atoms with van der Waals surface area (Å²) in [5, 5.41) is 8.93. The van der Waals surface area contributed by atoms with Gasteiger partial charge in [0.1, 0.15) is 6.07 Å². The van der Waals surface area contributed by atoms with Gasteiger partial charge >= 0.3 is 0 Å². The molecule has 5 heteroatoms. The number of nitrogens with zero attached hydrogens (tertiary/aromatic N) is 4. The molecule has 0 radical (unpaired) electrons. The highest BCUT2D eigenvalue weighted by Crippen LogP contribution is 2.23. The van der Waals surface area contributed by atoms with Crippen LogP contribution in [0.3, 0.4) is 0 Å². The van der Waals surface area contributed by atoms with E-state index < -0.39 is 0 Å². The van der Waals surface area contributed by atoms with Crippen molar-refractivity contribution in [2.75, 3.05) is 17.7 Å². The molecule has 0 bridgehead atoms. The van der Waals surface area contributed by atoms with Gasteiger partial charge in [-0.3, -0.25) is 4.98 Å². The van der Waals surface area contributed by atoms with Crippen LogP contribution in [0.25, 0.3) is 0 Å². The molecule has 90 valence electrons. The van der Waals surface area contributed by atoms with Gasteiger partial charge in [0.25, 0.3) is 0 Å². The fraction of sp³-hybridized carbons (Fsp3) is 0.154. The van der Waals surface area contributed by atoms with Gasteiger partial charge in [-0.15, -0.1) is 0 Å². The number of aromatic nitrogens is 2. The Kier molecular flexibility index (Phi) is 3.39. The lowest BCUT2D eigenvalue weighted by Crippen LogP contribution is -2.20. The zero-order valence-electron chi connectivity index (χ0n) is 10.0. The fourth-order valence-electron chi connectivity index (χ4n) is 1.67. The molecule has 0 aliphatic rings. The van der Waals surface area contributed by atoms with E-state index in [0.29, 0.717) is 23.6 Å². The molecular weight excluding hydrogens is 226 g/mol. The highest BCUT2D eigenvalue weighted by molar-refractivity contribution is 5.69. The number of nitriles is 1. The molecule has 0 saturated carbocycles. The van der Waals surface area contributed by atoms with E-state index in [9.17, 15) is 0 Å². The Labute approximate surface area is 106 Å². The molecule has 0 saturated heterocycles. The Bertz CT molecular complexity index is 574. The molecule has 2 aromatic heterocycles. The number of rotatable bonds is 3. The lowest BCUT2D eigenvalue weighted by molar-refractivity contribution is 0.867. The van der Waals surface area contributed by atoms with E-state index in [2.05, 4.69) is 9.97 Å². The first-order chi connectivity index (χ1) is 8.72. The van der Waals surface area contributed by atoms with E-state index in [1.54, 1.807) is 18.5 Å². The number of hydrogen-bond donors (Lipinski definition) is 1. The summed E-state index contributed by atoms with van der Waals surface area (Å²) in [5.74, 6) is 0.597. The van der Waals surface area contributed by atoms with Crippen molar-refractivity contribution < 1.29 is 0 Å². The Balaban J connectivity index is 2.25. The number of anilines is 2. The molecule has 0 aliphatic carbocycles. The van der Waals surface area contributed by atoms with Gasteiger partial charge in [0.2, 0.25) is 0 Å². The van der Waals surface area contributed by atoms with Gasteiger partial charge < -0.3 is 10.6 Å². The molecule has 0 aliphatic heterocycles. The van der Waals surface area contributed by atoms with E-state index >= 15 is 0 Å². The maximum Gasteiger partial charge on any atom is 0.153 e. The molecule has 2 heterocycles. The molecule has 0 spiro atoms. The van der Waals surface area contributed by atoms with Crippen LogP contribution in [0.4, 0.5) is 11.5 Å². The molecule has 0 aromatic carbocycles. The molecular formula is C13H13N5. The average molecular weight is 239 g/mol. The molecule has 0 unspecified atom stereocenters. The van der Waals surface area contributed by atoms with Gasteiger partial charge in [-0.1, -0.05) is 6.07 Å². The molecule has 18 heavy (non-hydrogen) atoms. The summed E-state index contributed by atoms with van der Waals surface area (Å²) in [5.41, 5.74) is 7.66. The molecule has 5 nitrogen and oxygen atoms in total. The van der Waals surface area contributed by atoms with E-state index in [1.807, 2.05) is 36.2 Å². The smallest absolute Gasteiger partial charge is 0.153 e. The molecule has 0 atom stereocenters. The van der Waals surface area contributed by atoms with Crippen molar-refractivity contribution in [2.45, 2.75) is 6.54 Å². The minimum Gasteiger partial charge on any atom is -0.395 e. The van der Waals surface area contributed by atoms with Crippen molar-refractivity contribution >= 4 is 11.5 Å². The van der Waals surface area contributed by atoms with Crippen molar-refractivity contribution in [3.63, 3.8) is 0 Å². The highest BCUT2D eigenvalue weighted by atomic mass is 15.2. The lowest BCUT2D eigenvalue weighted by atomic mass is 10.2. The van der Waals surface area contributed by atoms with Crippen LogP contribution in [0.5, 0.6) is 0 Å². The van der Waals surface area contributed by atoms with Crippen LogP contribution in [-0.2, 0) is 6.54 Å². The summed E-state index contributed by atoms with van der Waals surface area (Å²) in [7, 11) is 1.87. The van der Waals surface area contributed by atoms with Gasteiger partial charge in [0.05, 0.1) is 23.5 Å². The predicted molar refractivity (Wildman–Crippen MR) is 69.7 cm³/mol. The first-order valence-corrected chi connectivity index (χ1v) is 5.48. The summed E-state index contributed by atoms with van der Waals surface area (Å²) in [4.78, 5) is 10.3. The Morgan fingerprint density at radius 1 is 1.28 bits per heavy atom. The standard InChI is InChI=1S/C13H13N5/c1-18(9-11-4-2-3-6-16-11)13-12(15)10(8-14)5-7-17-13/h2-7H,9,15H2,1H3. The van der Waals surface area contributed by atoms with Gasteiger partial charge in [-0.2, -0.15) is 5.26 Å². The maximum absolute atomic E-state index is 8.93. The van der Waals surface area contributed by atoms with Crippen LogP contribution in [0.1, 0.15) is 11.3 Å². The van der Waals surface area contributed by atoms with Gasteiger partial charge in [-0.25, -0.2) is 4.98 Å². The molecule has 2 N–H and O–H groups in total. The van der Waals surface area contributed by atoms with Crippen molar-refractivity contribution in [1.82, 2.24) is 9.97 Å². The zero-order chi connectivity index (χ0) is 13.0. The van der Waals surface area contributed by atoms with Gasteiger partial charge in [0, 0.05) is 19.4 Å². The molecule has 2 aromatic rings. The summed E-state index contributed by atoms with van der Waals surface area (Å²) in [6.45, 7) is 0.590. The number of pyridine rings is 2. The highest BCUT2D eigenvalue weighted by Gasteiger charge is 2.11. The second-order valence-electron chi connectivity index (χ2n) is 3.88. The van der Waals surface area contributed by atoms with Crippen molar-refractivity contribution in [1.29, 1.82) is 5.26 Å². The summed E-state index contributed by atoms with van der Waals surface area (Å²) < 4.78 is 0. The lowest BCUT2D eigenvalue weighted by Gasteiger charge is -2.19. The number of nitrogens with two attached hydrogens (primary N) is 1. The Morgan fingerprint density at radius 2 is 2.11 bits per heavy atom. The predicted octanol–water partition coefficient (Wildman–Crippen LogP) is 1.57. The first kappa shape index (κ1) is 11.9. The van der Waals surface area contributed by atoms with Crippen LogP contribution < -0.4 is 10.6 Å². The summed E-state index contributed by atoms with van der Waals surface area (Å²) in [6, 6.07) is 9.38. The van der Waals surface area contributed by atoms with Crippen LogP contribution >= 0.6 is 0 Å². The van der Waals surface area contributed by atoms with E-state index in [0.717, 1.165) is 5.69 Å². The Hall–Kier alpha value is -2.61. The first-order valence-electron chi connectivity index (χ1n) is 5.48. The van der Waals surface area contributed by atoms with Crippen molar-refractivity contribution in [2.24, 2.45) is 0 Å². The second-order valence-corrected chi connectivity index (χ2v) is 3.88. The fourth-order valence-corrected chi connectivity index (χ4v) is 1.67. The summed E-state index contributed by atoms with van der Waals surface area (Å²) >= 11 is 0. The van der Waals surface area contributed by atoms with Crippen LogP contribution in [0.2, 0.25) is 0 Å². The van der Waals surface area contributed by atoms with Crippen LogP contribution in [0.15, 0.2) is 36.7 Å². The SMILES string of the molecule is CN(Cc1ccccn1)c1nccc(C#N)c1N. The largest absolute Gasteiger partial charge is 0.395 e. The third kappa shape index (κ3) is 2.38. The van der Waals surface area contributed by atoms with Crippen LogP contribution in [-0.4, -0.2) is 17.0 Å². The third-order valence-corrected chi connectivity index (χ3v) is 2.58. The van der Waals surface area contributed by atoms with Gasteiger partial charge in [0.15, 0.2) is 5.82 Å². The second kappa shape index (κ2) is 5.15. The quantitative estimate of drug-likeness (QED) is 0.879. The van der Waals surface area contributed by atoms with Crippen molar-refractivity contribution in [3.05, 3.63) is 47.9 Å². The minimum atomic E-state index is 0.401.